The molecule has 7 atom stereocenters. The first kappa shape index (κ1) is 51.4. The molecule has 1 aliphatic rings. The molecular weight excluding hydrogens is 707 g/mol. The van der Waals surface area contributed by atoms with Gasteiger partial charge in [-0.2, -0.15) is 0 Å². The van der Waals surface area contributed by atoms with Crippen molar-refractivity contribution in [3.63, 3.8) is 0 Å². The number of aliphatic hydroxyl groups is 5. The van der Waals surface area contributed by atoms with Gasteiger partial charge in [0.15, 0.2) is 6.29 Å². The summed E-state index contributed by atoms with van der Waals surface area (Å²) in [6.07, 6.45) is 43.8. The summed E-state index contributed by atoms with van der Waals surface area (Å²) >= 11 is 0. The van der Waals surface area contributed by atoms with Gasteiger partial charge in [0.05, 0.1) is 25.4 Å². The summed E-state index contributed by atoms with van der Waals surface area (Å²) in [5.74, 6) is -0.197. The molecule has 0 aromatic carbocycles. The largest absolute Gasteiger partial charge is 0.394 e. The van der Waals surface area contributed by atoms with Crippen LogP contribution in [0, 0.1) is 0 Å². The highest BCUT2D eigenvalue weighted by molar-refractivity contribution is 5.76. The van der Waals surface area contributed by atoms with Crippen LogP contribution in [0.15, 0.2) is 85.1 Å². The number of allylic oxidation sites excluding steroid dienone is 13. The van der Waals surface area contributed by atoms with Crippen molar-refractivity contribution in [1.82, 2.24) is 5.32 Å². The van der Waals surface area contributed by atoms with Crippen LogP contribution in [0.4, 0.5) is 0 Å². The summed E-state index contributed by atoms with van der Waals surface area (Å²) in [6, 6.07) is -0.810. The molecular formula is C47H79NO8. The van der Waals surface area contributed by atoms with E-state index in [1.165, 1.54) is 25.7 Å². The van der Waals surface area contributed by atoms with Crippen LogP contribution in [0.5, 0.6) is 0 Å². The zero-order valence-corrected chi connectivity index (χ0v) is 34.8. The number of aliphatic hydroxyl groups excluding tert-OH is 5. The van der Waals surface area contributed by atoms with E-state index in [9.17, 15) is 30.3 Å². The zero-order chi connectivity index (χ0) is 40.9. The summed E-state index contributed by atoms with van der Waals surface area (Å²) in [5, 5.41) is 53.7. The third-order valence-electron chi connectivity index (χ3n) is 9.73. The summed E-state index contributed by atoms with van der Waals surface area (Å²) in [5.41, 5.74) is 0. The van der Waals surface area contributed by atoms with Crippen molar-refractivity contribution in [1.29, 1.82) is 0 Å². The minimum Gasteiger partial charge on any atom is -0.394 e. The summed E-state index contributed by atoms with van der Waals surface area (Å²) < 4.78 is 11.1. The van der Waals surface area contributed by atoms with Crippen LogP contribution in [0.2, 0.25) is 0 Å². The van der Waals surface area contributed by atoms with Gasteiger partial charge in [0.25, 0.3) is 0 Å². The first-order chi connectivity index (χ1) is 27.3. The number of rotatable bonds is 34. The number of hydrogen-bond donors (Lipinski definition) is 6. The zero-order valence-electron chi connectivity index (χ0n) is 34.8. The molecule has 0 aromatic rings. The maximum atomic E-state index is 12.9. The minimum atomic E-state index is -1.57. The lowest BCUT2D eigenvalue weighted by atomic mass is 9.99. The maximum absolute atomic E-state index is 12.9. The standard InChI is InChI=1S/C47H79NO8/c1-3-5-7-9-11-12-13-14-15-16-17-18-19-20-21-22-23-24-25-26-27-28-29-30-31-33-35-37-43(51)48-40(41(50)36-34-32-10-8-6-4-2)39-55-47-46(54)45(53)44(52)42(38-49)56-47/h5,7,11-12,14-15,17-18,20-21,23-24,34,36,40-42,44-47,49-50,52-54H,3-4,6,8-10,13,16,19,22,25-33,35,37-39H2,1-2H3,(H,48,51)/b7-5-,12-11-,15-14-,18-17-,21-20-,24-23-,36-34+. The van der Waals surface area contributed by atoms with E-state index in [1.54, 1.807) is 6.08 Å². The SMILES string of the molecule is CC/C=C\C/C=C\C/C=C\C/C=C\C/C=C\C/C=C\CCCCCCCCCCC(=O)NC(COC1OC(CO)C(O)C(O)C1O)C(O)/C=C/CCCCCC. The molecule has 0 radical (unpaired) electrons. The number of hydrogen-bond acceptors (Lipinski definition) is 8. The van der Waals surface area contributed by atoms with Gasteiger partial charge in [-0.05, 0) is 70.6 Å². The third-order valence-corrected chi connectivity index (χ3v) is 9.73. The molecule has 9 nitrogen and oxygen atoms in total. The molecule has 1 heterocycles. The highest BCUT2D eigenvalue weighted by Gasteiger charge is 2.44. The Morgan fingerprint density at radius 3 is 1.64 bits per heavy atom. The number of carbonyl (C=O) groups is 1. The van der Waals surface area contributed by atoms with Crippen LogP contribution in [0.1, 0.15) is 149 Å². The van der Waals surface area contributed by atoms with Gasteiger partial charge in [-0.15, -0.1) is 0 Å². The lowest BCUT2D eigenvalue weighted by molar-refractivity contribution is -0.302. The lowest BCUT2D eigenvalue weighted by Crippen LogP contribution is -2.60. The monoisotopic (exact) mass is 786 g/mol. The van der Waals surface area contributed by atoms with Crippen molar-refractivity contribution in [2.45, 2.75) is 192 Å². The molecule has 320 valence electrons. The first-order valence-electron chi connectivity index (χ1n) is 21.8. The quantitative estimate of drug-likeness (QED) is 0.0280. The fourth-order valence-electron chi connectivity index (χ4n) is 6.21. The molecule has 1 fully saturated rings. The molecule has 0 aromatic heterocycles. The van der Waals surface area contributed by atoms with E-state index in [0.717, 1.165) is 103 Å². The maximum Gasteiger partial charge on any atom is 0.220 e. The van der Waals surface area contributed by atoms with E-state index in [4.69, 9.17) is 9.47 Å². The Balaban J connectivity index is 2.21. The van der Waals surface area contributed by atoms with Crippen LogP contribution < -0.4 is 5.32 Å². The molecule has 9 heteroatoms. The van der Waals surface area contributed by atoms with Gasteiger partial charge in [-0.1, -0.05) is 157 Å². The molecule has 1 amide bonds. The minimum absolute atomic E-state index is 0.197. The van der Waals surface area contributed by atoms with Gasteiger partial charge < -0.3 is 40.3 Å². The van der Waals surface area contributed by atoms with Crippen LogP contribution in [-0.4, -0.2) is 87.5 Å². The van der Waals surface area contributed by atoms with E-state index >= 15 is 0 Å². The van der Waals surface area contributed by atoms with E-state index < -0.39 is 49.5 Å². The number of amides is 1. The fraction of sp³-hybridized carbons (Fsp3) is 0.681. The molecule has 0 saturated carbocycles. The number of nitrogens with one attached hydrogen (secondary N) is 1. The summed E-state index contributed by atoms with van der Waals surface area (Å²) in [4.78, 5) is 12.9. The number of unbranched alkanes of at least 4 members (excludes halogenated alkanes) is 12. The Morgan fingerprint density at radius 1 is 0.625 bits per heavy atom. The second kappa shape index (κ2) is 36.7. The molecule has 0 aliphatic carbocycles. The molecule has 56 heavy (non-hydrogen) atoms. The predicted molar refractivity (Wildman–Crippen MR) is 230 cm³/mol. The summed E-state index contributed by atoms with van der Waals surface area (Å²) in [7, 11) is 0. The van der Waals surface area contributed by atoms with Crippen LogP contribution >= 0.6 is 0 Å². The van der Waals surface area contributed by atoms with Gasteiger partial charge in [0.1, 0.15) is 24.4 Å². The molecule has 0 bridgehead atoms. The average Bonchev–Trinajstić information content (AvgIpc) is 3.20. The van der Waals surface area contributed by atoms with Gasteiger partial charge in [0.2, 0.25) is 5.91 Å². The Hall–Kier alpha value is -2.63. The average molecular weight is 786 g/mol. The Morgan fingerprint density at radius 2 is 1.11 bits per heavy atom. The predicted octanol–water partition coefficient (Wildman–Crippen LogP) is 8.77. The van der Waals surface area contributed by atoms with Crippen LogP contribution in [0.25, 0.3) is 0 Å². The molecule has 6 N–H and O–H groups in total. The normalized spacial score (nSPS) is 22.0. The van der Waals surface area contributed by atoms with Crippen LogP contribution in [0.3, 0.4) is 0 Å². The Kier molecular flexibility index (Phi) is 33.7. The van der Waals surface area contributed by atoms with Gasteiger partial charge >= 0.3 is 0 Å². The third kappa shape index (κ3) is 27.1. The van der Waals surface area contributed by atoms with E-state index in [0.29, 0.717) is 6.42 Å². The summed E-state index contributed by atoms with van der Waals surface area (Å²) in [6.45, 7) is 3.54. The lowest BCUT2D eigenvalue weighted by Gasteiger charge is -2.40. The highest BCUT2D eigenvalue weighted by Crippen LogP contribution is 2.22. The Bertz CT molecular complexity index is 1140. The van der Waals surface area contributed by atoms with E-state index in [2.05, 4.69) is 92.1 Å². The fourth-order valence-corrected chi connectivity index (χ4v) is 6.21. The molecule has 7 unspecified atom stereocenters. The first-order valence-corrected chi connectivity index (χ1v) is 21.8. The van der Waals surface area contributed by atoms with Gasteiger partial charge in [0, 0.05) is 6.42 Å². The smallest absolute Gasteiger partial charge is 0.220 e. The van der Waals surface area contributed by atoms with Crippen molar-refractivity contribution in [3.05, 3.63) is 85.1 Å². The number of ether oxygens (including phenoxy) is 2. The van der Waals surface area contributed by atoms with Crippen molar-refractivity contribution in [2.75, 3.05) is 13.2 Å². The topological polar surface area (TPSA) is 149 Å². The molecule has 1 aliphatic heterocycles. The van der Waals surface area contributed by atoms with Gasteiger partial charge in [-0.25, -0.2) is 0 Å². The van der Waals surface area contributed by atoms with Crippen molar-refractivity contribution < 1.29 is 39.8 Å². The van der Waals surface area contributed by atoms with E-state index in [1.807, 2.05) is 6.08 Å². The van der Waals surface area contributed by atoms with Crippen LogP contribution in [-0.2, 0) is 14.3 Å². The van der Waals surface area contributed by atoms with Crippen molar-refractivity contribution in [2.24, 2.45) is 0 Å². The second-order valence-electron chi connectivity index (χ2n) is 14.8. The van der Waals surface area contributed by atoms with Crippen molar-refractivity contribution >= 4 is 5.91 Å². The van der Waals surface area contributed by atoms with Gasteiger partial charge in [-0.3, -0.25) is 4.79 Å². The number of carbonyl (C=O) groups excluding carboxylic acids is 1. The molecule has 1 saturated heterocycles. The molecule has 1 rings (SSSR count). The van der Waals surface area contributed by atoms with E-state index in [-0.39, 0.29) is 12.5 Å². The second-order valence-corrected chi connectivity index (χ2v) is 14.8. The van der Waals surface area contributed by atoms with Crippen molar-refractivity contribution in [3.8, 4) is 0 Å². The molecule has 0 spiro atoms. The highest BCUT2D eigenvalue weighted by atomic mass is 16.7. The Labute approximate surface area is 340 Å².